The van der Waals surface area contributed by atoms with Gasteiger partial charge in [-0.3, -0.25) is 4.79 Å². The van der Waals surface area contributed by atoms with Crippen molar-refractivity contribution in [2.75, 3.05) is 19.8 Å². The molecule has 1 atom stereocenters. The minimum Gasteiger partial charge on any atom is -0.480 e. The maximum Gasteiger partial charge on any atom is 0.324 e. The van der Waals surface area contributed by atoms with Gasteiger partial charge < -0.3 is 9.84 Å². The van der Waals surface area contributed by atoms with Gasteiger partial charge in [-0.2, -0.15) is 4.31 Å². The highest BCUT2D eigenvalue weighted by atomic mass is 79.9. The number of aliphatic carboxylic acids is 1. The number of carboxylic acid groups (broad SMARTS) is 1. The number of carbonyl (C=O) groups is 1. The fraction of sp³-hybridized carbons (Fsp3) is 0.364. The summed E-state index contributed by atoms with van der Waals surface area (Å²) in [5, 5.41) is 9.07. The second kappa shape index (κ2) is 5.58. The van der Waals surface area contributed by atoms with Crippen molar-refractivity contribution in [3.05, 3.63) is 28.7 Å². The highest BCUT2D eigenvalue weighted by molar-refractivity contribution is 9.10. The van der Waals surface area contributed by atoms with Gasteiger partial charge in [-0.25, -0.2) is 8.42 Å². The molecule has 104 valence electrons. The highest BCUT2D eigenvalue weighted by Crippen LogP contribution is 2.22. The zero-order valence-electron chi connectivity index (χ0n) is 9.82. The number of hydrogen-bond acceptors (Lipinski definition) is 4. The minimum atomic E-state index is -3.82. The predicted molar refractivity (Wildman–Crippen MR) is 70.3 cm³/mol. The van der Waals surface area contributed by atoms with E-state index in [0.29, 0.717) is 0 Å². The molecule has 1 unspecified atom stereocenters. The molecule has 1 fully saturated rings. The van der Waals surface area contributed by atoms with E-state index in [-0.39, 0.29) is 24.7 Å². The maximum absolute atomic E-state index is 12.4. The van der Waals surface area contributed by atoms with Gasteiger partial charge in [0.25, 0.3) is 0 Å². The van der Waals surface area contributed by atoms with Crippen LogP contribution in [0.3, 0.4) is 0 Å². The molecule has 19 heavy (non-hydrogen) atoms. The van der Waals surface area contributed by atoms with Gasteiger partial charge in [0.05, 0.1) is 18.1 Å². The first kappa shape index (κ1) is 14.4. The van der Waals surface area contributed by atoms with E-state index in [9.17, 15) is 13.2 Å². The number of ether oxygens (including phenoxy) is 1. The molecular formula is C11H12BrNO5S. The third kappa shape index (κ3) is 2.97. The zero-order chi connectivity index (χ0) is 14.0. The molecule has 0 aromatic heterocycles. The molecule has 1 saturated heterocycles. The van der Waals surface area contributed by atoms with Gasteiger partial charge in [-0.1, -0.05) is 15.9 Å². The number of morpholine rings is 1. The lowest BCUT2D eigenvalue weighted by Crippen LogP contribution is -2.52. The maximum atomic E-state index is 12.4. The molecule has 0 aliphatic carbocycles. The van der Waals surface area contributed by atoms with Crippen LogP contribution >= 0.6 is 15.9 Å². The van der Waals surface area contributed by atoms with Crippen molar-refractivity contribution in [2.24, 2.45) is 0 Å². The van der Waals surface area contributed by atoms with Crippen LogP contribution in [0.1, 0.15) is 0 Å². The van der Waals surface area contributed by atoms with E-state index < -0.39 is 22.0 Å². The molecule has 1 aromatic carbocycles. The van der Waals surface area contributed by atoms with Crippen molar-refractivity contribution >= 4 is 31.9 Å². The Balaban J connectivity index is 2.37. The van der Waals surface area contributed by atoms with Gasteiger partial charge in [-0.15, -0.1) is 0 Å². The molecule has 0 bridgehead atoms. The Hall–Kier alpha value is -0.960. The first-order chi connectivity index (χ1) is 8.93. The normalized spacial score (nSPS) is 21.2. The number of sulfonamides is 1. The van der Waals surface area contributed by atoms with Crippen LogP contribution in [0.5, 0.6) is 0 Å². The van der Waals surface area contributed by atoms with Crippen molar-refractivity contribution in [3.63, 3.8) is 0 Å². The van der Waals surface area contributed by atoms with Gasteiger partial charge in [0.15, 0.2) is 0 Å². The van der Waals surface area contributed by atoms with Crippen LogP contribution in [0.25, 0.3) is 0 Å². The third-order valence-electron chi connectivity index (χ3n) is 2.78. The molecule has 1 N–H and O–H groups in total. The third-order valence-corrected chi connectivity index (χ3v) is 5.24. The van der Waals surface area contributed by atoms with E-state index >= 15 is 0 Å². The Morgan fingerprint density at radius 2 is 2.00 bits per heavy atom. The van der Waals surface area contributed by atoms with Gasteiger partial charge in [0.2, 0.25) is 10.0 Å². The number of benzene rings is 1. The summed E-state index contributed by atoms with van der Waals surface area (Å²) in [7, 11) is -3.82. The summed E-state index contributed by atoms with van der Waals surface area (Å²) >= 11 is 3.22. The summed E-state index contributed by atoms with van der Waals surface area (Å²) < 4.78 is 31.6. The minimum absolute atomic E-state index is 0.0371. The Labute approximate surface area is 119 Å². The van der Waals surface area contributed by atoms with Gasteiger partial charge in [-0.05, 0) is 24.3 Å². The Bertz CT molecular complexity index is 571. The van der Waals surface area contributed by atoms with Crippen molar-refractivity contribution < 1.29 is 23.1 Å². The summed E-state index contributed by atoms with van der Waals surface area (Å²) in [6, 6.07) is 4.90. The molecular weight excluding hydrogens is 338 g/mol. The van der Waals surface area contributed by atoms with E-state index in [2.05, 4.69) is 15.9 Å². The van der Waals surface area contributed by atoms with E-state index in [1.165, 1.54) is 12.1 Å². The lowest BCUT2D eigenvalue weighted by Gasteiger charge is -2.31. The summed E-state index contributed by atoms with van der Waals surface area (Å²) in [5.41, 5.74) is 0. The van der Waals surface area contributed by atoms with Crippen LogP contribution in [0.4, 0.5) is 0 Å². The van der Waals surface area contributed by atoms with E-state index in [1.54, 1.807) is 12.1 Å². The number of halogens is 1. The number of carboxylic acids is 1. The molecule has 2 rings (SSSR count). The lowest BCUT2D eigenvalue weighted by molar-refractivity contribution is -0.146. The summed E-state index contributed by atoms with van der Waals surface area (Å²) in [6.07, 6.45) is 0. The number of hydrogen-bond donors (Lipinski definition) is 1. The van der Waals surface area contributed by atoms with Crippen molar-refractivity contribution in [1.82, 2.24) is 4.31 Å². The topological polar surface area (TPSA) is 83.9 Å². The molecule has 6 nitrogen and oxygen atoms in total. The van der Waals surface area contributed by atoms with E-state index in [1.807, 2.05) is 0 Å². The van der Waals surface area contributed by atoms with Crippen LogP contribution in [0.15, 0.2) is 33.6 Å². The molecule has 0 spiro atoms. The fourth-order valence-corrected chi connectivity index (χ4v) is 3.63. The van der Waals surface area contributed by atoms with E-state index in [0.717, 1.165) is 8.78 Å². The Morgan fingerprint density at radius 3 is 2.58 bits per heavy atom. The largest absolute Gasteiger partial charge is 0.480 e. The van der Waals surface area contributed by atoms with Crippen molar-refractivity contribution in [3.8, 4) is 0 Å². The van der Waals surface area contributed by atoms with Gasteiger partial charge in [0.1, 0.15) is 6.04 Å². The molecule has 0 radical (unpaired) electrons. The quantitative estimate of drug-likeness (QED) is 0.877. The molecule has 0 amide bonds. The predicted octanol–water partition coefficient (Wildman–Crippen LogP) is 0.923. The molecule has 1 aliphatic heterocycles. The standard InChI is InChI=1S/C11H12BrNO5S/c12-8-1-3-9(4-2-8)19(16,17)13-5-6-18-7-10(13)11(14)15/h1-4,10H,5-7H2,(H,14,15). The lowest BCUT2D eigenvalue weighted by atomic mass is 10.3. The molecule has 1 aliphatic rings. The molecule has 8 heteroatoms. The SMILES string of the molecule is O=C(O)C1COCCN1S(=O)(=O)c1ccc(Br)cc1. The molecule has 1 aromatic rings. The van der Waals surface area contributed by atoms with Gasteiger partial charge in [0, 0.05) is 11.0 Å². The second-order valence-corrected chi connectivity index (χ2v) is 6.80. The summed E-state index contributed by atoms with van der Waals surface area (Å²) in [4.78, 5) is 11.2. The van der Waals surface area contributed by atoms with Crippen LogP contribution < -0.4 is 0 Å². The first-order valence-corrected chi connectivity index (χ1v) is 7.74. The van der Waals surface area contributed by atoms with Crippen LogP contribution in [0, 0.1) is 0 Å². The van der Waals surface area contributed by atoms with Crippen molar-refractivity contribution in [2.45, 2.75) is 10.9 Å². The first-order valence-electron chi connectivity index (χ1n) is 5.51. The monoisotopic (exact) mass is 349 g/mol. The summed E-state index contributed by atoms with van der Waals surface area (Å²) in [5.74, 6) is -1.21. The number of rotatable bonds is 3. The van der Waals surface area contributed by atoms with Crippen LogP contribution in [-0.2, 0) is 19.6 Å². The molecule has 1 heterocycles. The average molecular weight is 350 g/mol. The number of nitrogens with zero attached hydrogens (tertiary/aromatic N) is 1. The van der Waals surface area contributed by atoms with Crippen LogP contribution in [-0.4, -0.2) is 49.6 Å². The Morgan fingerprint density at radius 1 is 1.37 bits per heavy atom. The fourth-order valence-electron chi connectivity index (χ4n) is 1.81. The smallest absolute Gasteiger partial charge is 0.324 e. The second-order valence-electron chi connectivity index (χ2n) is 4.00. The summed E-state index contributed by atoms with van der Waals surface area (Å²) in [6.45, 7) is 0.0972. The Kier molecular flexibility index (Phi) is 4.24. The van der Waals surface area contributed by atoms with Gasteiger partial charge >= 0.3 is 5.97 Å². The molecule has 0 saturated carbocycles. The van der Waals surface area contributed by atoms with Crippen molar-refractivity contribution in [1.29, 1.82) is 0 Å². The highest BCUT2D eigenvalue weighted by Gasteiger charge is 2.38. The van der Waals surface area contributed by atoms with E-state index in [4.69, 9.17) is 9.84 Å². The zero-order valence-corrected chi connectivity index (χ0v) is 12.2. The van der Waals surface area contributed by atoms with Crippen LogP contribution in [0.2, 0.25) is 0 Å². The average Bonchev–Trinajstić information content (AvgIpc) is 2.39.